The summed E-state index contributed by atoms with van der Waals surface area (Å²) >= 11 is 0. The standard InChI is InChI=1S/C10H9N3/c1-2-4-8-7(3-1)5-6-9-10(8)12-13-11-9/h1-4H,5-6H2,(H,11,12,13). The van der Waals surface area contributed by atoms with Crippen LogP contribution in [-0.2, 0) is 12.8 Å². The zero-order valence-electron chi connectivity index (χ0n) is 7.12. The summed E-state index contributed by atoms with van der Waals surface area (Å²) in [5.74, 6) is 0. The van der Waals surface area contributed by atoms with Crippen molar-refractivity contribution in [3.63, 3.8) is 0 Å². The molecule has 1 N–H and O–H groups in total. The summed E-state index contributed by atoms with van der Waals surface area (Å²) in [5, 5.41) is 10.9. The summed E-state index contributed by atoms with van der Waals surface area (Å²) in [5.41, 5.74) is 4.81. The molecule has 0 spiro atoms. The Kier molecular flexibility index (Phi) is 1.27. The molecule has 2 aromatic rings. The zero-order valence-corrected chi connectivity index (χ0v) is 7.12. The fourth-order valence-electron chi connectivity index (χ4n) is 1.87. The summed E-state index contributed by atoms with van der Waals surface area (Å²) < 4.78 is 0. The van der Waals surface area contributed by atoms with Gasteiger partial charge in [-0.05, 0) is 18.4 Å². The quantitative estimate of drug-likeness (QED) is 0.653. The average Bonchev–Trinajstić information content (AvgIpc) is 2.65. The molecule has 64 valence electrons. The monoisotopic (exact) mass is 171 g/mol. The molecule has 0 saturated heterocycles. The van der Waals surface area contributed by atoms with E-state index in [2.05, 4.69) is 33.6 Å². The lowest BCUT2D eigenvalue weighted by Gasteiger charge is -2.13. The van der Waals surface area contributed by atoms with Crippen molar-refractivity contribution < 1.29 is 0 Å². The highest BCUT2D eigenvalue weighted by Gasteiger charge is 2.17. The molecule has 0 atom stereocenters. The average molecular weight is 171 g/mol. The van der Waals surface area contributed by atoms with Crippen LogP contribution < -0.4 is 0 Å². The van der Waals surface area contributed by atoms with Gasteiger partial charge in [0.25, 0.3) is 0 Å². The number of aromatic nitrogens is 3. The molecule has 0 fully saturated rings. The van der Waals surface area contributed by atoms with Gasteiger partial charge < -0.3 is 0 Å². The number of fused-ring (bicyclic) bond motifs is 3. The maximum atomic E-state index is 4.09. The fourth-order valence-corrected chi connectivity index (χ4v) is 1.87. The Morgan fingerprint density at radius 3 is 3.08 bits per heavy atom. The predicted molar refractivity (Wildman–Crippen MR) is 49.2 cm³/mol. The van der Waals surface area contributed by atoms with E-state index in [9.17, 15) is 0 Å². The first-order chi connectivity index (χ1) is 6.45. The SMILES string of the molecule is c1ccc2c(c1)CCc1[nH]nnc1-2. The summed E-state index contributed by atoms with van der Waals surface area (Å²) in [6, 6.07) is 8.38. The van der Waals surface area contributed by atoms with E-state index in [1.54, 1.807) is 0 Å². The first-order valence-electron chi connectivity index (χ1n) is 4.43. The van der Waals surface area contributed by atoms with E-state index < -0.39 is 0 Å². The molecule has 0 saturated carbocycles. The van der Waals surface area contributed by atoms with Crippen LogP contribution in [-0.4, -0.2) is 15.4 Å². The third-order valence-electron chi connectivity index (χ3n) is 2.54. The van der Waals surface area contributed by atoms with Crippen molar-refractivity contribution in [1.82, 2.24) is 15.4 Å². The summed E-state index contributed by atoms with van der Waals surface area (Å²) in [4.78, 5) is 0. The summed E-state index contributed by atoms with van der Waals surface area (Å²) in [6.45, 7) is 0. The van der Waals surface area contributed by atoms with Crippen molar-refractivity contribution >= 4 is 0 Å². The Morgan fingerprint density at radius 2 is 2.08 bits per heavy atom. The van der Waals surface area contributed by atoms with Crippen molar-refractivity contribution in [2.24, 2.45) is 0 Å². The van der Waals surface area contributed by atoms with Gasteiger partial charge in [-0.1, -0.05) is 29.5 Å². The molecule has 3 rings (SSSR count). The van der Waals surface area contributed by atoms with Crippen LogP contribution in [0.5, 0.6) is 0 Å². The molecule has 0 amide bonds. The van der Waals surface area contributed by atoms with Gasteiger partial charge >= 0.3 is 0 Å². The van der Waals surface area contributed by atoms with Crippen LogP contribution >= 0.6 is 0 Å². The van der Waals surface area contributed by atoms with Crippen LogP contribution in [0.25, 0.3) is 11.3 Å². The van der Waals surface area contributed by atoms with Gasteiger partial charge in [0.1, 0.15) is 5.69 Å². The lowest BCUT2D eigenvalue weighted by Crippen LogP contribution is -2.02. The number of hydrogen-bond acceptors (Lipinski definition) is 2. The summed E-state index contributed by atoms with van der Waals surface area (Å²) in [7, 11) is 0. The fraction of sp³-hybridized carbons (Fsp3) is 0.200. The van der Waals surface area contributed by atoms with E-state index in [4.69, 9.17) is 0 Å². The van der Waals surface area contributed by atoms with Crippen molar-refractivity contribution in [2.45, 2.75) is 12.8 Å². The van der Waals surface area contributed by atoms with Crippen LogP contribution in [0.2, 0.25) is 0 Å². The lowest BCUT2D eigenvalue weighted by molar-refractivity contribution is 0.869. The molecule has 0 aliphatic heterocycles. The van der Waals surface area contributed by atoms with E-state index in [-0.39, 0.29) is 0 Å². The van der Waals surface area contributed by atoms with Crippen molar-refractivity contribution in [3.05, 3.63) is 35.5 Å². The topological polar surface area (TPSA) is 41.6 Å². The number of H-pyrrole nitrogens is 1. The number of nitrogens with one attached hydrogen (secondary N) is 1. The highest BCUT2D eigenvalue weighted by atomic mass is 15.3. The Balaban J connectivity index is 2.30. The maximum Gasteiger partial charge on any atom is 0.116 e. The first kappa shape index (κ1) is 6.83. The van der Waals surface area contributed by atoms with Gasteiger partial charge in [0, 0.05) is 5.56 Å². The third-order valence-corrected chi connectivity index (χ3v) is 2.54. The van der Waals surface area contributed by atoms with Gasteiger partial charge in [-0.2, -0.15) is 0 Å². The first-order valence-corrected chi connectivity index (χ1v) is 4.43. The van der Waals surface area contributed by atoms with E-state index in [1.807, 2.05) is 6.07 Å². The van der Waals surface area contributed by atoms with Crippen LogP contribution in [0.1, 0.15) is 11.3 Å². The smallest absolute Gasteiger partial charge is 0.116 e. The molecule has 1 aromatic carbocycles. The minimum Gasteiger partial charge on any atom is -0.262 e. The van der Waals surface area contributed by atoms with Crippen molar-refractivity contribution in [3.8, 4) is 11.3 Å². The minimum absolute atomic E-state index is 1.03. The number of hydrogen-bond donors (Lipinski definition) is 1. The molecule has 0 bridgehead atoms. The molecule has 1 heterocycles. The lowest BCUT2D eigenvalue weighted by atomic mass is 9.93. The maximum absolute atomic E-state index is 4.09. The van der Waals surface area contributed by atoms with Crippen molar-refractivity contribution in [1.29, 1.82) is 0 Å². The Labute approximate surface area is 75.8 Å². The van der Waals surface area contributed by atoms with Crippen LogP contribution in [0.4, 0.5) is 0 Å². The van der Waals surface area contributed by atoms with Gasteiger partial charge in [-0.15, -0.1) is 5.10 Å². The second kappa shape index (κ2) is 2.42. The highest BCUT2D eigenvalue weighted by molar-refractivity contribution is 5.67. The predicted octanol–water partition coefficient (Wildman–Crippen LogP) is 1.57. The van der Waals surface area contributed by atoms with Gasteiger partial charge in [-0.25, -0.2) is 0 Å². The molecule has 0 unspecified atom stereocenters. The van der Waals surface area contributed by atoms with E-state index >= 15 is 0 Å². The van der Waals surface area contributed by atoms with Gasteiger partial charge in [-0.3, -0.25) is 5.10 Å². The van der Waals surface area contributed by atoms with Gasteiger partial charge in [0.15, 0.2) is 0 Å². The number of rotatable bonds is 0. The number of aromatic amines is 1. The normalized spacial score (nSPS) is 13.5. The molecule has 0 radical (unpaired) electrons. The van der Waals surface area contributed by atoms with E-state index in [0.29, 0.717) is 0 Å². The van der Waals surface area contributed by atoms with Gasteiger partial charge in [0.2, 0.25) is 0 Å². The molecule has 1 aromatic heterocycles. The van der Waals surface area contributed by atoms with Crippen LogP contribution in [0.3, 0.4) is 0 Å². The number of aryl methyl sites for hydroxylation is 2. The van der Waals surface area contributed by atoms with Gasteiger partial charge in [0.05, 0.1) is 5.69 Å². The molecule has 1 aliphatic rings. The molecular weight excluding hydrogens is 162 g/mol. The second-order valence-corrected chi connectivity index (χ2v) is 3.30. The number of nitrogens with zero attached hydrogens (tertiary/aromatic N) is 2. The van der Waals surface area contributed by atoms with Crippen molar-refractivity contribution in [2.75, 3.05) is 0 Å². The molecule has 13 heavy (non-hydrogen) atoms. The Bertz CT molecular complexity index is 445. The highest BCUT2D eigenvalue weighted by Crippen LogP contribution is 2.29. The van der Waals surface area contributed by atoms with Crippen LogP contribution in [0.15, 0.2) is 24.3 Å². The third kappa shape index (κ3) is 0.900. The molecule has 3 heteroatoms. The minimum atomic E-state index is 1.03. The summed E-state index contributed by atoms with van der Waals surface area (Å²) in [6.07, 6.45) is 2.12. The number of benzene rings is 1. The molecule has 3 nitrogen and oxygen atoms in total. The van der Waals surface area contributed by atoms with E-state index in [1.165, 1.54) is 16.8 Å². The zero-order chi connectivity index (χ0) is 8.67. The Morgan fingerprint density at radius 1 is 1.15 bits per heavy atom. The van der Waals surface area contributed by atoms with E-state index in [0.717, 1.165) is 18.5 Å². The second-order valence-electron chi connectivity index (χ2n) is 3.30. The molecule has 1 aliphatic carbocycles. The Hall–Kier alpha value is -1.64. The van der Waals surface area contributed by atoms with Crippen LogP contribution in [0, 0.1) is 0 Å². The largest absolute Gasteiger partial charge is 0.262 e. The molecular formula is C10H9N3.